The summed E-state index contributed by atoms with van der Waals surface area (Å²) in [7, 11) is -3.46. The Morgan fingerprint density at radius 1 is 1.21 bits per heavy atom. The first-order valence-corrected chi connectivity index (χ1v) is 12.5. The minimum atomic E-state index is -3.46. The van der Waals surface area contributed by atoms with E-state index < -0.39 is 33.5 Å². The number of nitrogens with one attached hydrogen (secondary N) is 2. The highest BCUT2D eigenvalue weighted by Gasteiger charge is 2.23. The van der Waals surface area contributed by atoms with E-state index in [1.54, 1.807) is 58.2 Å². The first-order valence-electron chi connectivity index (χ1n) is 10.6. The van der Waals surface area contributed by atoms with Gasteiger partial charge in [0, 0.05) is 23.7 Å². The minimum Gasteiger partial charge on any atom is -0.444 e. The predicted molar refractivity (Wildman–Crippen MR) is 126 cm³/mol. The molecule has 1 aliphatic rings. The van der Waals surface area contributed by atoms with Gasteiger partial charge in [0.2, 0.25) is 5.91 Å². The van der Waals surface area contributed by atoms with Crippen LogP contribution in [-0.4, -0.2) is 37.3 Å². The third-order valence-corrected chi connectivity index (χ3v) is 6.14. The minimum absolute atomic E-state index is 0.136. The van der Waals surface area contributed by atoms with Crippen LogP contribution in [-0.2, 0) is 19.4 Å². The third kappa shape index (κ3) is 6.41. The van der Waals surface area contributed by atoms with Gasteiger partial charge >= 0.3 is 6.09 Å². The number of benzene rings is 1. The number of carbonyl (C=O) groups excluding carboxylic acids is 2. The molecule has 176 valence electrons. The van der Waals surface area contributed by atoms with Crippen LogP contribution < -0.4 is 10.6 Å². The summed E-state index contributed by atoms with van der Waals surface area (Å²) in [5.41, 5.74) is 1.62. The number of nitrogens with zero attached hydrogens (tertiary/aromatic N) is 1. The normalized spacial score (nSPS) is 19.8. The number of sulfone groups is 1. The Bertz CT molecular complexity index is 1200. The van der Waals surface area contributed by atoms with E-state index in [1.807, 2.05) is 6.08 Å². The number of alkyl carbamates (subject to hydrolysis) is 1. The number of pyridine rings is 1. The van der Waals surface area contributed by atoms with Crippen molar-refractivity contribution in [1.29, 1.82) is 0 Å². The van der Waals surface area contributed by atoms with Crippen LogP contribution in [0.25, 0.3) is 11.1 Å². The molecule has 2 amide bonds. The van der Waals surface area contributed by atoms with Crippen LogP contribution in [0.4, 0.5) is 10.5 Å². The SMILES string of the molecule is C[C@@H]1/C=C/C[C@H](NC(=O)OC(C)(C)C)c2cc(ccn2)-c2cc(S(C)(=O)=O)ccc2NC1=O. The standard InChI is InChI=1S/C24H29N3O5S/c1-15-7-6-8-20(27-23(29)32-24(2,3)4)21-13-16(11-12-25-21)18-14-17(33(5,30)31)9-10-19(18)26-22(15)28/h6-7,9-15,20H,8H2,1-5H3,(H,26,28)(H,27,29)/b7-6+/t15-,20+/m1/s1. The van der Waals surface area contributed by atoms with Crippen LogP contribution in [0.3, 0.4) is 0 Å². The van der Waals surface area contributed by atoms with Crippen LogP contribution in [0.15, 0.2) is 53.6 Å². The molecule has 1 aromatic carbocycles. The van der Waals surface area contributed by atoms with Crippen molar-refractivity contribution in [3.8, 4) is 11.1 Å². The first kappa shape index (κ1) is 24.4. The van der Waals surface area contributed by atoms with E-state index in [9.17, 15) is 18.0 Å². The molecule has 9 heteroatoms. The maximum Gasteiger partial charge on any atom is 0.408 e. The average molecular weight is 472 g/mol. The second-order valence-electron chi connectivity index (χ2n) is 9.09. The van der Waals surface area contributed by atoms with Gasteiger partial charge in [0.1, 0.15) is 5.60 Å². The van der Waals surface area contributed by atoms with Crippen LogP contribution in [0.1, 0.15) is 45.9 Å². The number of rotatable bonds is 2. The molecule has 0 unspecified atom stereocenters. The van der Waals surface area contributed by atoms with Crippen LogP contribution in [0, 0.1) is 5.92 Å². The average Bonchev–Trinajstić information content (AvgIpc) is 2.70. The van der Waals surface area contributed by atoms with Gasteiger partial charge in [-0.15, -0.1) is 0 Å². The highest BCUT2D eigenvalue weighted by molar-refractivity contribution is 7.90. The summed E-state index contributed by atoms with van der Waals surface area (Å²) < 4.78 is 29.7. The summed E-state index contributed by atoms with van der Waals surface area (Å²) in [4.78, 5) is 29.8. The third-order valence-electron chi connectivity index (χ3n) is 5.03. The van der Waals surface area contributed by atoms with Crippen molar-refractivity contribution >= 4 is 27.5 Å². The molecule has 0 aliphatic carbocycles. The topological polar surface area (TPSA) is 114 Å². The molecular weight excluding hydrogens is 442 g/mol. The molecule has 3 rings (SSSR count). The van der Waals surface area contributed by atoms with Crippen molar-refractivity contribution in [2.24, 2.45) is 5.92 Å². The van der Waals surface area contributed by atoms with E-state index in [4.69, 9.17) is 4.74 Å². The quantitative estimate of drug-likeness (QED) is 0.633. The van der Waals surface area contributed by atoms with Gasteiger partial charge in [-0.3, -0.25) is 9.78 Å². The fourth-order valence-corrected chi connectivity index (χ4v) is 4.01. The summed E-state index contributed by atoms with van der Waals surface area (Å²) in [6.07, 6.45) is 6.12. The van der Waals surface area contributed by atoms with Crippen molar-refractivity contribution in [1.82, 2.24) is 10.3 Å². The zero-order chi connectivity index (χ0) is 24.4. The van der Waals surface area contributed by atoms with E-state index >= 15 is 0 Å². The summed E-state index contributed by atoms with van der Waals surface area (Å²) in [5, 5.41) is 5.74. The first-order chi connectivity index (χ1) is 15.3. The number of anilines is 1. The Labute approximate surface area is 194 Å². The predicted octanol–water partition coefficient (Wildman–Crippen LogP) is 4.25. The molecule has 8 nitrogen and oxygen atoms in total. The van der Waals surface area contributed by atoms with Crippen molar-refractivity contribution in [3.63, 3.8) is 0 Å². The van der Waals surface area contributed by atoms with Gasteiger partial charge in [-0.25, -0.2) is 13.2 Å². The molecule has 0 radical (unpaired) electrons. The largest absolute Gasteiger partial charge is 0.444 e. The molecule has 0 saturated heterocycles. The zero-order valence-corrected chi connectivity index (χ0v) is 20.2. The van der Waals surface area contributed by atoms with Crippen LogP contribution in [0.2, 0.25) is 0 Å². The zero-order valence-electron chi connectivity index (χ0n) is 19.4. The Morgan fingerprint density at radius 2 is 1.94 bits per heavy atom. The fraction of sp³-hybridized carbons (Fsp3) is 0.375. The highest BCUT2D eigenvalue weighted by Crippen LogP contribution is 2.33. The van der Waals surface area contributed by atoms with Crippen molar-refractivity contribution in [2.75, 3.05) is 11.6 Å². The second-order valence-corrected chi connectivity index (χ2v) is 11.1. The summed E-state index contributed by atoms with van der Waals surface area (Å²) in [6, 6.07) is 7.59. The van der Waals surface area contributed by atoms with Gasteiger partial charge in [0.15, 0.2) is 9.84 Å². The molecule has 1 aliphatic heterocycles. The summed E-state index contributed by atoms with van der Waals surface area (Å²) in [6.45, 7) is 7.10. The van der Waals surface area contributed by atoms with Crippen LogP contribution >= 0.6 is 0 Å². The number of hydrogen-bond acceptors (Lipinski definition) is 6. The molecular formula is C24H29N3O5S. The maximum atomic E-state index is 12.7. The number of fused-ring (bicyclic) bond motifs is 4. The second kappa shape index (κ2) is 9.35. The van der Waals surface area contributed by atoms with E-state index in [0.29, 0.717) is 28.9 Å². The Kier molecular flexibility index (Phi) is 6.92. The lowest BCUT2D eigenvalue weighted by atomic mass is 9.99. The number of carbonyl (C=O) groups is 2. The number of aromatic nitrogens is 1. The van der Waals surface area contributed by atoms with E-state index in [0.717, 1.165) is 6.26 Å². The molecule has 2 heterocycles. The van der Waals surface area contributed by atoms with Crippen LogP contribution in [0.5, 0.6) is 0 Å². The molecule has 2 aromatic rings. The molecule has 1 aromatic heterocycles. The van der Waals surface area contributed by atoms with E-state index in [-0.39, 0.29) is 10.8 Å². The lowest BCUT2D eigenvalue weighted by Gasteiger charge is -2.24. The number of ether oxygens (including phenoxy) is 1. The lowest BCUT2D eigenvalue weighted by Crippen LogP contribution is -2.35. The van der Waals surface area contributed by atoms with Gasteiger partial charge in [-0.1, -0.05) is 19.1 Å². The Balaban J connectivity index is 2.12. The maximum absolute atomic E-state index is 12.7. The molecule has 0 fully saturated rings. The van der Waals surface area contributed by atoms with Crippen molar-refractivity contribution in [2.45, 2.75) is 50.7 Å². The number of amides is 2. The van der Waals surface area contributed by atoms with Gasteiger partial charge in [-0.2, -0.15) is 0 Å². The summed E-state index contributed by atoms with van der Waals surface area (Å²) in [5.74, 6) is -0.675. The van der Waals surface area contributed by atoms with Gasteiger partial charge in [0.05, 0.1) is 22.5 Å². The molecule has 0 saturated carbocycles. The van der Waals surface area contributed by atoms with E-state index in [2.05, 4.69) is 15.6 Å². The molecule has 33 heavy (non-hydrogen) atoms. The smallest absolute Gasteiger partial charge is 0.408 e. The van der Waals surface area contributed by atoms with E-state index in [1.165, 1.54) is 12.1 Å². The Morgan fingerprint density at radius 3 is 2.61 bits per heavy atom. The van der Waals surface area contributed by atoms with Crippen molar-refractivity contribution < 1.29 is 22.7 Å². The Hall–Kier alpha value is -3.20. The lowest BCUT2D eigenvalue weighted by molar-refractivity contribution is -0.118. The molecule has 2 N–H and O–H groups in total. The molecule has 2 bridgehead atoms. The van der Waals surface area contributed by atoms with Gasteiger partial charge in [0.25, 0.3) is 0 Å². The summed E-state index contributed by atoms with van der Waals surface area (Å²) >= 11 is 0. The monoisotopic (exact) mass is 471 g/mol. The van der Waals surface area contributed by atoms with Gasteiger partial charge < -0.3 is 15.4 Å². The van der Waals surface area contributed by atoms with Crippen molar-refractivity contribution in [3.05, 3.63) is 54.4 Å². The number of hydrogen-bond donors (Lipinski definition) is 2. The molecule has 2 atom stereocenters. The fourth-order valence-electron chi connectivity index (χ4n) is 3.36. The van der Waals surface area contributed by atoms with Gasteiger partial charge in [-0.05, 0) is 63.1 Å². The molecule has 0 spiro atoms. The highest BCUT2D eigenvalue weighted by atomic mass is 32.2.